The van der Waals surface area contributed by atoms with Crippen molar-refractivity contribution in [3.63, 3.8) is 0 Å². The zero-order valence-corrected chi connectivity index (χ0v) is 16.7. The van der Waals surface area contributed by atoms with Crippen molar-refractivity contribution in [1.29, 1.82) is 0 Å². The number of amides is 5. The van der Waals surface area contributed by atoms with Gasteiger partial charge in [0.05, 0.1) is 19.1 Å². The van der Waals surface area contributed by atoms with Crippen LogP contribution in [0.2, 0.25) is 0 Å². The summed E-state index contributed by atoms with van der Waals surface area (Å²) >= 11 is 0. The number of primary amides is 2. The van der Waals surface area contributed by atoms with Gasteiger partial charge in [-0.05, 0) is 13.3 Å². The highest BCUT2D eigenvalue weighted by Gasteiger charge is 2.32. The molecule has 0 aliphatic heterocycles. The van der Waals surface area contributed by atoms with Crippen molar-refractivity contribution in [2.75, 3.05) is 6.61 Å². The summed E-state index contributed by atoms with van der Waals surface area (Å²) in [5, 5.41) is 34.1. The largest absolute Gasteiger partial charge is 0.480 e. The molecule has 0 saturated heterocycles. The van der Waals surface area contributed by atoms with Gasteiger partial charge < -0.3 is 48.5 Å². The first kappa shape index (κ1) is 27.7. The van der Waals surface area contributed by atoms with Crippen LogP contribution in [0.1, 0.15) is 26.2 Å². The van der Waals surface area contributed by atoms with E-state index in [2.05, 4.69) is 10.6 Å². The molecule has 0 rings (SSSR count). The lowest BCUT2D eigenvalue weighted by molar-refractivity contribution is -0.144. The van der Waals surface area contributed by atoms with Gasteiger partial charge in [0.2, 0.25) is 29.5 Å². The molecule has 0 spiro atoms. The molecule has 15 heteroatoms. The molecule has 5 unspecified atom stereocenters. The van der Waals surface area contributed by atoms with Gasteiger partial charge in [-0.2, -0.15) is 0 Å². The summed E-state index contributed by atoms with van der Waals surface area (Å²) in [4.78, 5) is 70.0. The molecule has 15 nitrogen and oxygen atoms in total. The summed E-state index contributed by atoms with van der Waals surface area (Å²) in [5.41, 5.74) is 15.3. The second-order valence-corrected chi connectivity index (χ2v) is 6.65. The third-order valence-electron chi connectivity index (χ3n) is 3.93. The highest BCUT2D eigenvalue weighted by molar-refractivity contribution is 5.95. The Hall–Kier alpha value is -3.30. The van der Waals surface area contributed by atoms with E-state index in [1.54, 1.807) is 0 Å². The van der Waals surface area contributed by atoms with E-state index in [4.69, 9.17) is 27.4 Å². The first-order valence-electron chi connectivity index (χ1n) is 9.05. The summed E-state index contributed by atoms with van der Waals surface area (Å²) in [6.07, 6.45) is -2.93. The van der Waals surface area contributed by atoms with Crippen LogP contribution in [0, 0.1) is 0 Å². The fourth-order valence-corrected chi connectivity index (χ4v) is 2.24. The summed E-state index contributed by atoms with van der Waals surface area (Å²) in [6.45, 7) is 0.418. The number of nitrogens with one attached hydrogen (secondary N) is 3. The molecule has 0 fully saturated rings. The smallest absolute Gasteiger partial charge is 0.326 e. The lowest BCUT2D eigenvalue weighted by atomic mass is 10.1. The second-order valence-electron chi connectivity index (χ2n) is 6.65. The molecule has 0 bridgehead atoms. The summed E-state index contributed by atoms with van der Waals surface area (Å²) < 4.78 is 0. The number of hydrogen-bond donors (Lipinski definition) is 9. The quantitative estimate of drug-likeness (QED) is 0.121. The van der Waals surface area contributed by atoms with Crippen molar-refractivity contribution < 1.29 is 44.1 Å². The molecule has 31 heavy (non-hydrogen) atoms. The Morgan fingerprint density at radius 2 is 1.42 bits per heavy atom. The van der Waals surface area contributed by atoms with Gasteiger partial charge in [-0.1, -0.05) is 0 Å². The van der Waals surface area contributed by atoms with E-state index in [0.29, 0.717) is 0 Å². The molecule has 0 aromatic carbocycles. The molecule has 12 N–H and O–H groups in total. The van der Waals surface area contributed by atoms with Crippen LogP contribution in [0.4, 0.5) is 0 Å². The van der Waals surface area contributed by atoms with Crippen LogP contribution in [0.5, 0.6) is 0 Å². The summed E-state index contributed by atoms with van der Waals surface area (Å²) in [6, 6.07) is -6.20. The van der Waals surface area contributed by atoms with E-state index in [1.165, 1.54) is 0 Å². The average molecular weight is 448 g/mol. The van der Waals surface area contributed by atoms with Crippen LogP contribution in [0.15, 0.2) is 0 Å². The number of nitrogens with two attached hydrogens (primary N) is 3. The third kappa shape index (κ3) is 10.3. The summed E-state index contributed by atoms with van der Waals surface area (Å²) in [7, 11) is 0. The highest BCUT2D eigenvalue weighted by atomic mass is 16.4. The Kier molecular flexibility index (Phi) is 11.7. The van der Waals surface area contributed by atoms with Gasteiger partial charge in [-0.25, -0.2) is 4.79 Å². The van der Waals surface area contributed by atoms with E-state index < -0.39 is 78.8 Å². The number of aliphatic hydroxyl groups is 2. The van der Waals surface area contributed by atoms with Gasteiger partial charge in [-0.15, -0.1) is 0 Å². The lowest BCUT2D eigenvalue weighted by Gasteiger charge is -2.26. The molecule has 0 aromatic heterocycles. The third-order valence-corrected chi connectivity index (χ3v) is 3.93. The Balaban J connectivity index is 5.50. The van der Waals surface area contributed by atoms with E-state index >= 15 is 0 Å². The molecule has 0 saturated carbocycles. The predicted octanol–water partition coefficient (Wildman–Crippen LogP) is -5.63. The average Bonchev–Trinajstić information content (AvgIpc) is 2.66. The topological polar surface area (TPSA) is 277 Å². The van der Waals surface area contributed by atoms with Crippen molar-refractivity contribution >= 4 is 35.5 Å². The van der Waals surface area contributed by atoms with E-state index in [0.717, 1.165) is 6.92 Å². The number of carbonyl (C=O) groups excluding carboxylic acids is 5. The van der Waals surface area contributed by atoms with Crippen molar-refractivity contribution in [1.82, 2.24) is 16.0 Å². The van der Waals surface area contributed by atoms with E-state index in [-0.39, 0.29) is 12.8 Å². The fourth-order valence-electron chi connectivity index (χ4n) is 2.24. The molecule has 176 valence electrons. The van der Waals surface area contributed by atoms with Gasteiger partial charge in [0.1, 0.15) is 24.2 Å². The minimum atomic E-state index is -1.70. The molecule has 0 aliphatic rings. The zero-order chi connectivity index (χ0) is 24.3. The summed E-state index contributed by atoms with van der Waals surface area (Å²) in [5.74, 6) is -6.52. The maximum Gasteiger partial charge on any atom is 0.326 e. The second kappa shape index (κ2) is 13.1. The van der Waals surface area contributed by atoms with Crippen LogP contribution >= 0.6 is 0 Å². The van der Waals surface area contributed by atoms with Gasteiger partial charge in [0.15, 0.2) is 0 Å². The van der Waals surface area contributed by atoms with Crippen LogP contribution in [0.3, 0.4) is 0 Å². The Morgan fingerprint density at radius 3 is 1.84 bits per heavy atom. The minimum absolute atomic E-state index is 0.355. The van der Waals surface area contributed by atoms with Gasteiger partial charge in [-0.3, -0.25) is 24.0 Å². The molecular weight excluding hydrogens is 420 g/mol. The highest BCUT2D eigenvalue weighted by Crippen LogP contribution is 2.03. The normalized spacial score (nSPS) is 15.5. The van der Waals surface area contributed by atoms with Crippen molar-refractivity contribution in [3.05, 3.63) is 0 Å². The van der Waals surface area contributed by atoms with Crippen LogP contribution < -0.4 is 33.2 Å². The number of carboxylic acid groups (broad SMARTS) is 1. The zero-order valence-electron chi connectivity index (χ0n) is 16.7. The first-order chi connectivity index (χ1) is 14.3. The Morgan fingerprint density at radius 1 is 0.871 bits per heavy atom. The minimum Gasteiger partial charge on any atom is -0.480 e. The fraction of sp³-hybridized carbons (Fsp3) is 0.625. The SMILES string of the molecule is CC(O)C(NC(=O)C(N)CO)C(=O)NC(CCC(N)=O)C(=O)NC(CC(N)=O)C(=O)O. The van der Waals surface area contributed by atoms with Gasteiger partial charge in [0.25, 0.3) is 0 Å². The van der Waals surface area contributed by atoms with Crippen molar-refractivity contribution in [2.45, 2.75) is 56.5 Å². The van der Waals surface area contributed by atoms with E-state index in [9.17, 15) is 33.9 Å². The Labute approximate surface area is 176 Å². The number of aliphatic carboxylic acids is 1. The molecule has 0 heterocycles. The van der Waals surface area contributed by atoms with Crippen LogP contribution in [-0.4, -0.2) is 87.7 Å². The molecule has 0 radical (unpaired) electrons. The monoisotopic (exact) mass is 448 g/mol. The standard InChI is InChI=1S/C16H28N6O9/c1-6(24)12(22-13(27)7(17)5-23)15(29)20-8(2-3-10(18)25)14(28)21-9(16(30)31)4-11(19)26/h6-9,12,23-24H,2-5,17H2,1H3,(H2,18,25)(H2,19,26)(H,20,29)(H,21,28)(H,22,27)(H,30,31). The van der Waals surface area contributed by atoms with Crippen molar-refractivity contribution in [2.24, 2.45) is 17.2 Å². The molecule has 0 aliphatic carbocycles. The van der Waals surface area contributed by atoms with Gasteiger partial charge >= 0.3 is 5.97 Å². The Bertz CT molecular complexity index is 699. The van der Waals surface area contributed by atoms with Gasteiger partial charge in [0, 0.05) is 6.42 Å². The number of carbonyl (C=O) groups is 6. The number of aliphatic hydroxyl groups excluding tert-OH is 2. The number of carboxylic acids is 1. The lowest BCUT2D eigenvalue weighted by Crippen LogP contribution is -2.60. The molecule has 5 atom stereocenters. The van der Waals surface area contributed by atoms with Crippen molar-refractivity contribution in [3.8, 4) is 0 Å². The maximum atomic E-state index is 12.5. The van der Waals surface area contributed by atoms with E-state index in [1.807, 2.05) is 5.32 Å². The first-order valence-corrected chi connectivity index (χ1v) is 9.05. The maximum absolute atomic E-state index is 12.5. The van der Waals surface area contributed by atoms with Crippen LogP contribution in [-0.2, 0) is 28.8 Å². The van der Waals surface area contributed by atoms with Crippen LogP contribution in [0.25, 0.3) is 0 Å². The molecule has 5 amide bonds. The number of rotatable bonds is 14. The molecule has 0 aromatic rings. The number of hydrogen-bond acceptors (Lipinski definition) is 9. The molecular formula is C16H28N6O9. The predicted molar refractivity (Wildman–Crippen MR) is 102 cm³/mol.